The summed E-state index contributed by atoms with van der Waals surface area (Å²) in [7, 11) is 0. The van der Waals surface area contributed by atoms with Crippen LogP contribution in [0.3, 0.4) is 0 Å². The van der Waals surface area contributed by atoms with E-state index in [0.717, 1.165) is 0 Å². The van der Waals surface area contributed by atoms with Crippen LogP contribution in [-0.4, -0.2) is 34.6 Å². The number of amides is 1. The highest BCUT2D eigenvalue weighted by atomic mass is 32.2. The highest BCUT2D eigenvalue weighted by Crippen LogP contribution is 2.44. The van der Waals surface area contributed by atoms with Crippen LogP contribution in [0.1, 0.15) is 38.8 Å². The number of esters is 1. The van der Waals surface area contributed by atoms with E-state index in [9.17, 15) is 14.0 Å². The molecule has 0 bridgehead atoms. The Labute approximate surface area is 179 Å². The molecule has 0 radical (unpaired) electrons. The molecule has 8 heteroatoms. The first kappa shape index (κ1) is 21.8. The van der Waals surface area contributed by atoms with Gasteiger partial charge in [0.15, 0.2) is 5.17 Å². The molecule has 1 unspecified atom stereocenters. The molecule has 0 saturated carbocycles. The molecule has 1 N–H and O–H groups in total. The predicted molar refractivity (Wildman–Crippen MR) is 116 cm³/mol. The van der Waals surface area contributed by atoms with Crippen LogP contribution in [0.2, 0.25) is 0 Å². The Bertz CT molecular complexity index is 951. The van der Waals surface area contributed by atoms with Gasteiger partial charge in [-0.1, -0.05) is 36.5 Å². The first-order valence-corrected chi connectivity index (χ1v) is 10.5. The molecule has 1 aromatic rings. The van der Waals surface area contributed by atoms with Crippen LogP contribution in [0.5, 0.6) is 0 Å². The summed E-state index contributed by atoms with van der Waals surface area (Å²) in [5, 5.41) is 5.40. The van der Waals surface area contributed by atoms with Crippen molar-refractivity contribution in [2.24, 2.45) is 4.99 Å². The Kier molecular flexibility index (Phi) is 6.77. The second-order valence-electron chi connectivity index (χ2n) is 7.23. The zero-order chi connectivity index (χ0) is 21.8. The van der Waals surface area contributed by atoms with Gasteiger partial charge in [-0.05, 0) is 43.9 Å². The van der Waals surface area contributed by atoms with E-state index in [-0.39, 0.29) is 30.8 Å². The highest BCUT2D eigenvalue weighted by Gasteiger charge is 2.41. The average molecular weight is 430 g/mol. The molecule has 2 heterocycles. The molecule has 2 aliphatic rings. The van der Waals surface area contributed by atoms with Gasteiger partial charge in [0, 0.05) is 11.7 Å². The summed E-state index contributed by atoms with van der Waals surface area (Å²) in [5.41, 5.74) is 2.29. The van der Waals surface area contributed by atoms with Crippen LogP contribution in [0.15, 0.2) is 64.3 Å². The quantitative estimate of drug-likeness (QED) is 0.523. The number of nitrogens with zero attached hydrogens (tertiary/aromatic N) is 2. The Morgan fingerprint density at radius 2 is 2.07 bits per heavy atom. The standard InChI is InChI=1S/C22H24FN3O3S/c1-5-10-29-21(28)19-14(4)25-22-26(20(19)15-6-8-16(23)9-7-15)17(12-30-22)11-18(27)24-13(2)3/h5-9,12-13,20H,1,10-11H2,2-4H3,(H,24,27). The lowest BCUT2D eigenvalue weighted by atomic mass is 9.94. The number of halogens is 1. The summed E-state index contributed by atoms with van der Waals surface area (Å²) >= 11 is 1.39. The Morgan fingerprint density at radius 1 is 1.37 bits per heavy atom. The van der Waals surface area contributed by atoms with Gasteiger partial charge in [0.05, 0.1) is 23.7 Å². The van der Waals surface area contributed by atoms with Crippen LogP contribution in [0.25, 0.3) is 0 Å². The molecule has 0 fully saturated rings. The highest BCUT2D eigenvalue weighted by molar-refractivity contribution is 8.16. The lowest BCUT2D eigenvalue weighted by molar-refractivity contribution is -0.138. The molecule has 0 aliphatic carbocycles. The molecule has 0 aromatic heterocycles. The van der Waals surface area contributed by atoms with Crippen molar-refractivity contribution in [3.63, 3.8) is 0 Å². The van der Waals surface area contributed by atoms with Crippen molar-refractivity contribution in [3.05, 3.63) is 70.7 Å². The van der Waals surface area contributed by atoms with Crippen molar-refractivity contribution in [3.8, 4) is 0 Å². The second-order valence-corrected chi connectivity index (χ2v) is 8.07. The number of nitrogens with one attached hydrogen (secondary N) is 1. The number of carbonyl (C=O) groups is 2. The number of thioether (sulfide) groups is 1. The van der Waals surface area contributed by atoms with Gasteiger partial charge in [-0.25, -0.2) is 14.2 Å². The van der Waals surface area contributed by atoms with Crippen molar-refractivity contribution < 1.29 is 18.7 Å². The Morgan fingerprint density at radius 3 is 2.70 bits per heavy atom. The Balaban J connectivity index is 2.02. The molecule has 0 spiro atoms. The zero-order valence-electron chi connectivity index (χ0n) is 17.1. The van der Waals surface area contributed by atoms with E-state index in [1.807, 2.05) is 24.2 Å². The third-order valence-electron chi connectivity index (χ3n) is 4.53. The van der Waals surface area contributed by atoms with Crippen molar-refractivity contribution in [1.29, 1.82) is 0 Å². The SMILES string of the molecule is C=CCOC(=O)C1=C(C)N=C2SC=C(CC(=O)NC(C)C)N2C1c1ccc(F)cc1. The number of allylic oxidation sites excluding steroid dienone is 1. The fraction of sp³-hybridized carbons (Fsp3) is 0.318. The second kappa shape index (κ2) is 9.30. The van der Waals surface area contributed by atoms with Gasteiger partial charge in [0.25, 0.3) is 0 Å². The van der Waals surface area contributed by atoms with Crippen molar-refractivity contribution in [1.82, 2.24) is 10.2 Å². The van der Waals surface area contributed by atoms with Crippen LogP contribution in [0, 0.1) is 5.82 Å². The summed E-state index contributed by atoms with van der Waals surface area (Å²) in [6.07, 6.45) is 1.63. The van der Waals surface area contributed by atoms with E-state index < -0.39 is 12.0 Å². The van der Waals surface area contributed by atoms with E-state index in [2.05, 4.69) is 16.9 Å². The van der Waals surface area contributed by atoms with Crippen LogP contribution >= 0.6 is 11.8 Å². The van der Waals surface area contributed by atoms with E-state index >= 15 is 0 Å². The van der Waals surface area contributed by atoms with Gasteiger partial charge >= 0.3 is 5.97 Å². The molecule has 6 nitrogen and oxygen atoms in total. The van der Waals surface area contributed by atoms with Gasteiger partial charge < -0.3 is 15.0 Å². The first-order valence-electron chi connectivity index (χ1n) is 9.59. The summed E-state index contributed by atoms with van der Waals surface area (Å²) in [4.78, 5) is 31.7. The average Bonchev–Trinajstić information content (AvgIpc) is 3.07. The maximum Gasteiger partial charge on any atom is 0.338 e. The number of amidine groups is 1. The summed E-state index contributed by atoms with van der Waals surface area (Å²) in [6.45, 7) is 9.17. The van der Waals surface area contributed by atoms with Crippen LogP contribution < -0.4 is 5.32 Å². The summed E-state index contributed by atoms with van der Waals surface area (Å²) in [6, 6.07) is 5.39. The fourth-order valence-corrected chi connectivity index (χ4v) is 4.31. The minimum absolute atomic E-state index is 0.0149. The van der Waals surface area contributed by atoms with E-state index in [1.165, 1.54) is 30.0 Å². The number of carbonyl (C=O) groups excluding carboxylic acids is 2. The molecule has 0 saturated heterocycles. The molecule has 158 valence electrons. The molecule has 3 rings (SSSR count). The van der Waals surface area contributed by atoms with Crippen molar-refractivity contribution in [2.45, 2.75) is 39.3 Å². The van der Waals surface area contributed by atoms with Crippen molar-refractivity contribution in [2.75, 3.05) is 6.61 Å². The topological polar surface area (TPSA) is 71.0 Å². The lowest BCUT2D eigenvalue weighted by Gasteiger charge is -2.36. The predicted octanol–water partition coefficient (Wildman–Crippen LogP) is 4.04. The lowest BCUT2D eigenvalue weighted by Crippen LogP contribution is -2.38. The van der Waals surface area contributed by atoms with Crippen LogP contribution in [-0.2, 0) is 14.3 Å². The van der Waals surface area contributed by atoms with Gasteiger partial charge in [0.1, 0.15) is 12.4 Å². The number of benzene rings is 1. The maximum atomic E-state index is 13.6. The Hall–Kier alpha value is -2.87. The van der Waals surface area contributed by atoms with Gasteiger partial charge in [-0.3, -0.25) is 4.79 Å². The number of rotatable bonds is 7. The first-order chi connectivity index (χ1) is 14.3. The van der Waals surface area contributed by atoms with E-state index in [0.29, 0.717) is 27.7 Å². The number of hydrogen-bond acceptors (Lipinski definition) is 6. The normalized spacial score (nSPS) is 18.0. The van der Waals surface area contributed by atoms with E-state index in [1.54, 1.807) is 19.1 Å². The summed E-state index contributed by atoms with van der Waals surface area (Å²) < 4.78 is 18.9. The zero-order valence-corrected chi connectivity index (χ0v) is 18.0. The maximum absolute atomic E-state index is 13.6. The molecule has 1 atom stereocenters. The molecule has 2 aliphatic heterocycles. The number of fused-ring (bicyclic) bond motifs is 1. The van der Waals surface area contributed by atoms with Crippen molar-refractivity contribution >= 4 is 28.8 Å². The molecule has 30 heavy (non-hydrogen) atoms. The largest absolute Gasteiger partial charge is 0.458 e. The number of hydrogen-bond donors (Lipinski definition) is 1. The molecule has 1 aromatic carbocycles. The minimum atomic E-state index is -0.580. The summed E-state index contributed by atoms with van der Waals surface area (Å²) in [5.74, 6) is -1.02. The monoisotopic (exact) mass is 429 g/mol. The van der Waals surface area contributed by atoms with Gasteiger partial charge in [0.2, 0.25) is 5.91 Å². The molecule has 1 amide bonds. The minimum Gasteiger partial charge on any atom is -0.458 e. The van der Waals surface area contributed by atoms with Crippen LogP contribution in [0.4, 0.5) is 4.39 Å². The molecular weight excluding hydrogens is 405 g/mol. The number of ether oxygens (including phenoxy) is 1. The third kappa shape index (κ3) is 4.64. The fourth-order valence-electron chi connectivity index (χ4n) is 3.34. The van der Waals surface area contributed by atoms with E-state index in [4.69, 9.17) is 4.74 Å². The number of aliphatic imine (C=N–C) groups is 1. The third-order valence-corrected chi connectivity index (χ3v) is 5.42. The smallest absolute Gasteiger partial charge is 0.338 e. The van der Waals surface area contributed by atoms with Gasteiger partial charge in [-0.15, -0.1) is 0 Å². The molecular formula is C22H24FN3O3S. The van der Waals surface area contributed by atoms with Gasteiger partial charge in [-0.2, -0.15) is 0 Å².